The van der Waals surface area contributed by atoms with E-state index in [-0.39, 0.29) is 0 Å². The van der Waals surface area contributed by atoms with Crippen molar-refractivity contribution in [3.63, 3.8) is 0 Å². The first-order chi connectivity index (χ1) is 8.83. The molecule has 0 fully saturated rings. The van der Waals surface area contributed by atoms with E-state index in [0.29, 0.717) is 0 Å². The monoisotopic (exact) mass is 244 g/mol. The van der Waals surface area contributed by atoms with E-state index in [4.69, 9.17) is 4.74 Å². The van der Waals surface area contributed by atoms with Crippen molar-refractivity contribution in [3.8, 4) is 5.75 Å². The van der Waals surface area contributed by atoms with Gasteiger partial charge in [0.1, 0.15) is 11.6 Å². The Balaban J connectivity index is 2.10. The van der Waals surface area contributed by atoms with Crippen LogP contribution in [0.25, 0.3) is 0 Å². The molecule has 0 bridgehead atoms. The number of aromatic nitrogens is 2. The highest BCUT2D eigenvalue weighted by atomic mass is 16.5. The van der Waals surface area contributed by atoms with Gasteiger partial charge in [-0.25, -0.2) is 4.98 Å². The number of rotatable bonds is 6. The second-order valence-corrected chi connectivity index (χ2v) is 4.43. The number of nitrogens with zero attached hydrogens (tertiary/aromatic N) is 2. The lowest BCUT2D eigenvalue weighted by Gasteiger charge is -2.09. The normalized spacial score (nSPS) is 10.6. The first-order valence-electron chi connectivity index (χ1n) is 6.46. The van der Waals surface area contributed by atoms with Crippen LogP contribution in [-0.2, 0) is 13.0 Å². The number of ether oxygens (including phenoxy) is 1. The summed E-state index contributed by atoms with van der Waals surface area (Å²) in [6.45, 7) is 3.06. The molecule has 18 heavy (non-hydrogen) atoms. The molecule has 2 rings (SSSR count). The van der Waals surface area contributed by atoms with Gasteiger partial charge < -0.3 is 9.30 Å². The minimum absolute atomic E-state index is 0.857. The number of methoxy groups -OCH3 is 1. The molecule has 0 atom stereocenters. The molecule has 3 heteroatoms. The second-order valence-electron chi connectivity index (χ2n) is 4.43. The highest BCUT2D eigenvalue weighted by molar-refractivity contribution is 5.28. The molecule has 1 aromatic heterocycles. The molecule has 0 amide bonds. The third-order valence-electron chi connectivity index (χ3n) is 3.04. The molecule has 0 radical (unpaired) electrons. The lowest BCUT2D eigenvalue weighted by atomic mass is 10.2. The molecule has 3 nitrogen and oxygen atoms in total. The van der Waals surface area contributed by atoms with Gasteiger partial charge in [-0.15, -0.1) is 0 Å². The third-order valence-corrected chi connectivity index (χ3v) is 3.04. The summed E-state index contributed by atoms with van der Waals surface area (Å²) in [6, 6.07) is 8.18. The molecule has 0 aliphatic rings. The zero-order chi connectivity index (χ0) is 12.8. The quantitative estimate of drug-likeness (QED) is 0.779. The third kappa shape index (κ3) is 3.13. The van der Waals surface area contributed by atoms with E-state index in [0.717, 1.165) is 18.7 Å². The van der Waals surface area contributed by atoms with Crippen LogP contribution in [0, 0.1) is 0 Å². The molecule has 96 valence electrons. The first kappa shape index (κ1) is 12.7. The van der Waals surface area contributed by atoms with Gasteiger partial charge in [-0.05, 0) is 24.1 Å². The second kappa shape index (κ2) is 6.24. The molecule has 0 saturated heterocycles. The fourth-order valence-corrected chi connectivity index (χ4v) is 2.01. The van der Waals surface area contributed by atoms with Crippen LogP contribution in [0.1, 0.15) is 31.2 Å². The van der Waals surface area contributed by atoms with E-state index >= 15 is 0 Å². The van der Waals surface area contributed by atoms with Crippen molar-refractivity contribution in [1.29, 1.82) is 0 Å². The molecule has 0 saturated carbocycles. The van der Waals surface area contributed by atoms with E-state index in [1.54, 1.807) is 7.11 Å². The van der Waals surface area contributed by atoms with Gasteiger partial charge in [0.25, 0.3) is 0 Å². The summed E-state index contributed by atoms with van der Waals surface area (Å²) >= 11 is 0. The average molecular weight is 244 g/mol. The van der Waals surface area contributed by atoms with Gasteiger partial charge >= 0.3 is 0 Å². The molecule has 0 N–H and O–H groups in total. The van der Waals surface area contributed by atoms with E-state index in [1.165, 1.54) is 24.2 Å². The number of hydrogen-bond acceptors (Lipinski definition) is 2. The molecule has 0 unspecified atom stereocenters. The van der Waals surface area contributed by atoms with Gasteiger partial charge in [0.15, 0.2) is 0 Å². The Bertz CT molecular complexity index is 491. The van der Waals surface area contributed by atoms with Crippen LogP contribution < -0.4 is 4.74 Å². The number of benzene rings is 1. The lowest BCUT2D eigenvalue weighted by molar-refractivity contribution is 0.414. The Morgan fingerprint density at radius 1 is 1.33 bits per heavy atom. The Labute approximate surface area is 108 Å². The zero-order valence-corrected chi connectivity index (χ0v) is 11.1. The SMILES string of the molecule is CCCCc1nccn1Cc1cccc(OC)c1. The Morgan fingerprint density at radius 2 is 2.22 bits per heavy atom. The van der Waals surface area contributed by atoms with E-state index < -0.39 is 0 Å². The smallest absolute Gasteiger partial charge is 0.119 e. The summed E-state index contributed by atoms with van der Waals surface area (Å²) in [4.78, 5) is 4.42. The van der Waals surface area contributed by atoms with Crippen molar-refractivity contribution < 1.29 is 4.74 Å². The summed E-state index contributed by atoms with van der Waals surface area (Å²) in [5.41, 5.74) is 1.24. The maximum Gasteiger partial charge on any atom is 0.119 e. The van der Waals surface area contributed by atoms with Crippen LogP contribution in [0.4, 0.5) is 0 Å². The van der Waals surface area contributed by atoms with Crippen LogP contribution in [0.5, 0.6) is 5.75 Å². The van der Waals surface area contributed by atoms with Crippen LogP contribution >= 0.6 is 0 Å². The van der Waals surface area contributed by atoms with Gasteiger partial charge in [-0.2, -0.15) is 0 Å². The average Bonchev–Trinajstić information content (AvgIpc) is 2.84. The van der Waals surface area contributed by atoms with Crippen LogP contribution in [0.3, 0.4) is 0 Å². The minimum Gasteiger partial charge on any atom is -0.497 e. The summed E-state index contributed by atoms with van der Waals surface area (Å²) in [5, 5.41) is 0. The van der Waals surface area contributed by atoms with E-state index in [1.807, 2.05) is 24.5 Å². The summed E-state index contributed by atoms with van der Waals surface area (Å²) in [7, 11) is 1.70. The summed E-state index contributed by atoms with van der Waals surface area (Å²) < 4.78 is 7.46. The van der Waals surface area contributed by atoms with Crippen molar-refractivity contribution in [3.05, 3.63) is 48.0 Å². The fraction of sp³-hybridized carbons (Fsp3) is 0.400. The molecule has 1 heterocycles. The maximum atomic E-state index is 5.24. The van der Waals surface area contributed by atoms with Gasteiger partial charge in [-0.3, -0.25) is 0 Å². The number of aryl methyl sites for hydroxylation is 1. The number of unbranched alkanes of at least 4 members (excludes halogenated alkanes) is 1. The topological polar surface area (TPSA) is 27.1 Å². The van der Waals surface area contributed by atoms with Crippen LogP contribution in [0.15, 0.2) is 36.7 Å². The van der Waals surface area contributed by atoms with Gasteiger partial charge in [-0.1, -0.05) is 25.5 Å². The van der Waals surface area contributed by atoms with Gasteiger partial charge in [0.2, 0.25) is 0 Å². The Morgan fingerprint density at radius 3 is 3.00 bits per heavy atom. The zero-order valence-electron chi connectivity index (χ0n) is 11.1. The van der Waals surface area contributed by atoms with Crippen LogP contribution in [-0.4, -0.2) is 16.7 Å². The first-order valence-corrected chi connectivity index (χ1v) is 6.46. The summed E-state index contributed by atoms with van der Waals surface area (Å²) in [5.74, 6) is 2.07. The highest BCUT2D eigenvalue weighted by Crippen LogP contribution is 2.14. The molecular weight excluding hydrogens is 224 g/mol. The lowest BCUT2D eigenvalue weighted by Crippen LogP contribution is -2.04. The van der Waals surface area contributed by atoms with Crippen molar-refractivity contribution in [2.45, 2.75) is 32.7 Å². The predicted molar refractivity (Wildman–Crippen MR) is 72.9 cm³/mol. The molecule has 0 aliphatic carbocycles. The van der Waals surface area contributed by atoms with Crippen molar-refractivity contribution in [1.82, 2.24) is 9.55 Å². The molecule has 2 aromatic rings. The number of imidazole rings is 1. The predicted octanol–water partition coefficient (Wildman–Crippen LogP) is 3.28. The summed E-state index contributed by atoms with van der Waals surface area (Å²) in [6.07, 6.45) is 7.37. The Kier molecular flexibility index (Phi) is 4.40. The van der Waals surface area contributed by atoms with Crippen molar-refractivity contribution in [2.75, 3.05) is 7.11 Å². The largest absolute Gasteiger partial charge is 0.497 e. The van der Waals surface area contributed by atoms with E-state index in [9.17, 15) is 0 Å². The Hall–Kier alpha value is -1.77. The maximum absolute atomic E-state index is 5.24. The molecule has 0 spiro atoms. The molecular formula is C15H20N2O. The minimum atomic E-state index is 0.857. The fourth-order valence-electron chi connectivity index (χ4n) is 2.01. The molecule has 1 aromatic carbocycles. The van der Waals surface area contributed by atoms with Crippen molar-refractivity contribution in [2.24, 2.45) is 0 Å². The van der Waals surface area contributed by atoms with Crippen LogP contribution in [0.2, 0.25) is 0 Å². The van der Waals surface area contributed by atoms with Gasteiger partial charge in [0.05, 0.1) is 7.11 Å². The molecule has 0 aliphatic heterocycles. The van der Waals surface area contributed by atoms with Gasteiger partial charge in [0, 0.05) is 25.4 Å². The number of hydrogen-bond donors (Lipinski definition) is 0. The van der Waals surface area contributed by atoms with Crippen molar-refractivity contribution >= 4 is 0 Å². The van der Waals surface area contributed by atoms with E-state index in [2.05, 4.69) is 28.6 Å². The highest BCUT2D eigenvalue weighted by Gasteiger charge is 2.03. The standard InChI is InChI=1S/C15H20N2O/c1-3-4-8-15-16-9-10-17(15)12-13-6-5-7-14(11-13)18-2/h5-7,9-11H,3-4,8,12H2,1-2H3.